The maximum atomic E-state index is 12.1. The van der Waals surface area contributed by atoms with Crippen molar-refractivity contribution < 1.29 is 4.79 Å². The molecule has 6 heteroatoms. The molecule has 0 aliphatic carbocycles. The van der Waals surface area contributed by atoms with Crippen LogP contribution in [-0.4, -0.2) is 27.0 Å². The summed E-state index contributed by atoms with van der Waals surface area (Å²) in [6.07, 6.45) is 3.18. The fourth-order valence-corrected chi connectivity index (χ4v) is 3.43. The minimum atomic E-state index is -0.153. The van der Waals surface area contributed by atoms with Gasteiger partial charge in [0.2, 0.25) is 0 Å². The molecule has 4 rings (SSSR count). The fraction of sp³-hybridized carbons (Fsp3) is 0.174. The summed E-state index contributed by atoms with van der Waals surface area (Å²) in [6.45, 7) is 1.30. The minimum Gasteiger partial charge on any atom is -0.351 e. The molecule has 0 atom stereocenters. The maximum Gasteiger partial charge on any atom is 0.269 e. The molecular weight excluding hydrogens is 384 g/mol. The molecular formula is C23H21ClN4O. The summed E-state index contributed by atoms with van der Waals surface area (Å²) >= 11 is 6.02. The lowest BCUT2D eigenvalue weighted by atomic mass is 10.2. The zero-order chi connectivity index (χ0) is 20.1. The predicted molar refractivity (Wildman–Crippen MR) is 115 cm³/mol. The molecule has 1 N–H and O–H groups in total. The van der Waals surface area contributed by atoms with Crippen molar-refractivity contribution in [1.29, 1.82) is 0 Å². The molecule has 2 aromatic heterocycles. The van der Waals surface area contributed by atoms with Gasteiger partial charge in [-0.1, -0.05) is 41.9 Å². The van der Waals surface area contributed by atoms with Crippen molar-refractivity contribution in [1.82, 2.24) is 19.9 Å². The van der Waals surface area contributed by atoms with Crippen molar-refractivity contribution >= 4 is 28.5 Å². The van der Waals surface area contributed by atoms with Crippen LogP contribution in [0.4, 0.5) is 0 Å². The van der Waals surface area contributed by atoms with E-state index in [1.54, 1.807) is 24.4 Å². The molecule has 0 aliphatic heterocycles. The monoisotopic (exact) mass is 404 g/mol. The van der Waals surface area contributed by atoms with E-state index < -0.39 is 0 Å². The molecule has 1 amide bonds. The van der Waals surface area contributed by atoms with Gasteiger partial charge in [-0.3, -0.25) is 9.78 Å². The third kappa shape index (κ3) is 4.63. The van der Waals surface area contributed by atoms with E-state index in [1.807, 2.05) is 42.5 Å². The van der Waals surface area contributed by atoms with Gasteiger partial charge in [-0.05, 0) is 48.4 Å². The highest BCUT2D eigenvalue weighted by atomic mass is 35.5. The number of benzene rings is 2. The van der Waals surface area contributed by atoms with Crippen LogP contribution in [0.3, 0.4) is 0 Å². The molecule has 0 saturated carbocycles. The Balaban J connectivity index is 1.45. The molecule has 4 aromatic rings. The number of carbonyl (C=O) groups is 1. The van der Waals surface area contributed by atoms with Gasteiger partial charge in [0.25, 0.3) is 5.91 Å². The Morgan fingerprint density at radius 2 is 1.79 bits per heavy atom. The van der Waals surface area contributed by atoms with E-state index in [-0.39, 0.29) is 5.91 Å². The van der Waals surface area contributed by atoms with Crippen LogP contribution in [0.15, 0.2) is 72.9 Å². The van der Waals surface area contributed by atoms with Crippen LogP contribution in [0.2, 0.25) is 5.02 Å². The fourth-order valence-electron chi connectivity index (χ4n) is 3.30. The lowest BCUT2D eigenvalue weighted by Gasteiger charge is -2.10. The first-order valence-electron chi connectivity index (χ1n) is 9.58. The summed E-state index contributed by atoms with van der Waals surface area (Å²) in [5, 5.41) is 3.65. The highest BCUT2D eigenvalue weighted by Gasteiger charge is 2.11. The van der Waals surface area contributed by atoms with Crippen LogP contribution in [-0.2, 0) is 13.0 Å². The maximum absolute atomic E-state index is 12.1. The van der Waals surface area contributed by atoms with Gasteiger partial charge in [0.15, 0.2) is 0 Å². The number of carbonyl (C=O) groups excluding carboxylic acids is 1. The predicted octanol–water partition coefficient (Wildman–Crippen LogP) is 4.50. The number of hydrogen-bond donors (Lipinski definition) is 1. The second-order valence-electron chi connectivity index (χ2n) is 6.80. The van der Waals surface area contributed by atoms with Crippen LogP contribution in [0.5, 0.6) is 0 Å². The van der Waals surface area contributed by atoms with Gasteiger partial charge in [0.1, 0.15) is 11.5 Å². The number of aromatic nitrogens is 3. The molecule has 146 valence electrons. The van der Waals surface area contributed by atoms with E-state index in [1.165, 1.54) is 5.56 Å². The summed E-state index contributed by atoms with van der Waals surface area (Å²) in [5.41, 5.74) is 3.69. The SMILES string of the molecule is O=C(NCCCc1nc2ccccc2n1Cc1ccc(Cl)cc1)c1ccccn1. The third-order valence-electron chi connectivity index (χ3n) is 4.75. The van der Waals surface area contributed by atoms with Crippen molar-refractivity contribution in [3.8, 4) is 0 Å². The van der Waals surface area contributed by atoms with Crippen molar-refractivity contribution in [3.05, 3.63) is 95.0 Å². The summed E-state index contributed by atoms with van der Waals surface area (Å²) in [5.74, 6) is 0.855. The highest BCUT2D eigenvalue weighted by molar-refractivity contribution is 6.30. The molecule has 0 fully saturated rings. The molecule has 0 radical (unpaired) electrons. The zero-order valence-corrected chi connectivity index (χ0v) is 16.6. The first kappa shape index (κ1) is 19.2. The van der Waals surface area contributed by atoms with Gasteiger partial charge < -0.3 is 9.88 Å². The summed E-state index contributed by atoms with van der Waals surface area (Å²) < 4.78 is 2.24. The number of hydrogen-bond acceptors (Lipinski definition) is 3. The number of imidazole rings is 1. The Morgan fingerprint density at radius 3 is 2.59 bits per heavy atom. The van der Waals surface area contributed by atoms with E-state index in [4.69, 9.17) is 16.6 Å². The number of halogens is 1. The van der Waals surface area contributed by atoms with Crippen molar-refractivity contribution in [2.45, 2.75) is 19.4 Å². The van der Waals surface area contributed by atoms with Crippen molar-refractivity contribution in [2.24, 2.45) is 0 Å². The molecule has 2 heterocycles. The number of nitrogens with one attached hydrogen (secondary N) is 1. The van der Waals surface area contributed by atoms with Crippen molar-refractivity contribution in [3.63, 3.8) is 0 Å². The van der Waals surface area contributed by atoms with Crippen LogP contribution in [0.1, 0.15) is 28.3 Å². The number of fused-ring (bicyclic) bond motifs is 1. The minimum absolute atomic E-state index is 0.153. The Hall–Kier alpha value is -3.18. The van der Waals surface area contributed by atoms with Crippen LogP contribution in [0, 0.1) is 0 Å². The Labute approximate surface area is 174 Å². The molecule has 0 bridgehead atoms. The Morgan fingerprint density at radius 1 is 1.00 bits per heavy atom. The van der Waals surface area contributed by atoms with Crippen LogP contribution in [0.25, 0.3) is 11.0 Å². The zero-order valence-electron chi connectivity index (χ0n) is 15.9. The van der Waals surface area contributed by atoms with Crippen LogP contribution < -0.4 is 5.32 Å². The van der Waals surface area contributed by atoms with E-state index in [9.17, 15) is 4.79 Å². The van der Waals surface area contributed by atoms with Gasteiger partial charge in [-0.25, -0.2) is 4.98 Å². The summed E-state index contributed by atoms with van der Waals surface area (Å²) in [6, 6.07) is 21.3. The average Bonchev–Trinajstić information content (AvgIpc) is 3.10. The lowest BCUT2D eigenvalue weighted by Crippen LogP contribution is -2.25. The first-order chi connectivity index (χ1) is 14.2. The van der Waals surface area contributed by atoms with E-state index in [2.05, 4.69) is 20.9 Å². The van der Waals surface area contributed by atoms with Crippen molar-refractivity contribution in [2.75, 3.05) is 6.54 Å². The highest BCUT2D eigenvalue weighted by Crippen LogP contribution is 2.20. The van der Waals surface area contributed by atoms with Gasteiger partial charge in [0, 0.05) is 30.7 Å². The largest absolute Gasteiger partial charge is 0.351 e. The molecule has 2 aromatic carbocycles. The quantitative estimate of drug-likeness (QED) is 0.461. The standard InChI is InChI=1S/C23H21ClN4O/c24-18-12-10-17(11-13-18)16-28-21-8-2-1-6-19(21)27-22(28)9-5-15-26-23(29)20-7-3-4-14-25-20/h1-4,6-8,10-14H,5,9,15-16H2,(H,26,29). The van der Waals surface area contributed by atoms with Gasteiger partial charge in [0.05, 0.1) is 11.0 Å². The topological polar surface area (TPSA) is 59.8 Å². The number of rotatable bonds is 7. The Bertz CT molecular complexity index is 1110. The second kappa shape index (κ2) is 8.88. The van der Waals surface area contributed by atoms with E-state index in [0.717, 1.165) is 41.3 Å². The lowest BCUT2D eigenvalue weighted by molar-refractivity contribution is 0.0948. The summed E-state index contributed by atoms with van der Waals surface area (Å²) in [7, 11) is 0. The number of para-hydroxylation sites is 2. The normalized spacial score (nSPS) is 10.9. The molecule has 0 unspecified atom stereocenters. The van der Waals surface area contributed by atoms with Crippen LogP contribution >= 0.6 is 11.6 Å². The third-order valence-corrected chi connectivity index (χ3v) is 5.00. The molecule has 5 nitrogen and oxygen atoms in total. The number of aryl methyl sites for hydroxylation is 1. The molecule has 0 spiro atoms. The summed E-state index contributed by atoms with van der Waals surface area (Å²) in [4.78, 5) is 21.0. The van der Waals surface area contributed by atoms with Gasteiger partial charge in [-0.2, -0.15) is 0 Å². The first-order valence-corrected chi connectivity index (χ1v) is 9.96. The molecule has 0 aliphatic rings. The average molecular weight is 405 g/mol. The number of pyridine rings is 1. The molecule has 29 heavy (non-hydrogen) atoms. The van der Waals surface area contributed by atoms with Gasteiger partial charge >= 0.3 is 0 Å². The van der Waals surface area contributed by atoms with E-state index >= 15 is 0 Å². The van der Waals surface area contributed by atoms with E-state index in [0.29, 0.717) is 12.2 Å². The number of nitrogens with zero attached hydrogens (tertiary/aromatic N) is 3. The van der Waals surface area contributed by atoms with Gasteiger partial charge in [-0.15, -0.1) is 0 Å². The smallest absolute Gasteiger partial charge is 0.269 e. The Kier molecular flexibility index (Phi) is 5.86. The number of amides is 1. The molecule has 0 saturated heterocycles. The second-order valence-corrected chi connectivity index (χ2v) is 7.24.